The summed E-state index contributed by atoms with van der Waals surface area (Å²) in [5.74, 6) is 0. The molecule has 0 aromatic rings. The van der Waals surface area contributed by atoms with Gasteiger partial charge in [-0.1, -0.05) is 23.0 Å². The van der Waals surface area contributed by atoms with E-state index in [4.69, 9.17) is 14.4 Å². The highest BCUT2D eigenvalue weighted by molar-refractivity contribution is 8.14. The lowest BCUT2D eigenvalue weighted by Gasteiger charge is -2.39. The van der Waals surface area contributed by atoms with Crippen LogP contribution in [0.15, 0.2) is 17.8 Å². The second-order valence-corrected chi connectivity index (χ2v) is 6.99. The molecule has 140 valence electrons. The molecule has 1 fully saturated rings. The quantitative estimate of drug-likeness (QED) is 0.0895. The number of hydrogen-bond donors (Lipinski definition) is 6. The van der Waals surface area contributed by atoms with Crippen molar-refractivity contribution in [3.8, 4) is 0 Å². The summed E-state index contributed by atoms with van der Waals surface area (Å²) < 4.78 is 38.8. The van der Waals surface area contributed by atoms with Crippen LogP contribution in [-0.2, 0) is 19.4 Å². The Labute approximate surface area is 142 Å². The minimum Gasteiger partial charge on any atom is -0.394 e. The molecule has 6 atom stereocenters. The van der Waals surface area contributed by atoms with Crippen molar-refractivity contribution in [1.29, 1.82) is 0 Å². The Morgan fingerprint density at radius 3 is 2.46 bits per heavy atom. The number of rotatable bonds is 7. The smallest absolute Gasteiger partial charge is 0.394 e. The summed E-state index contributed by atoms with van der Waals surface area (Å²) in [5, 5.41) is 50.8. The van der Waals surface area contributed by atoms with Gasteiger partial charge in [0.05, 0.1) is 12.7 Å². The number of aliphatic hydroxyl groups is 5. The van der Waals surface area contributed by atoms with Gasteiger partial charge in [0.2, 0.25) is 0 Å². The maximum atomic E-state index is 10.6. The zero-order chi connectivity index (χ0) is 18.5. The zero-order valence-electron chi connectivity index (χ0n) is 12.2. The van der Waals surface area contributed by atoms with Crippen molar-refractivity contribution in [3.05, 3.63) is 12.7 Å². The van der Waals surface area contributed by atoms with Crippen LogP contribution in [0.4, 0.5) is 0 Å². The monoisotopic (exact) mass is 389 g/mol. The van der Waals surface area contributed by atoms with Crippen molar-refractivity contribution >= 4 is 27.2 Å². The zero-order valence-corrected chi connectivity index (χ0v) is 13.9. The summed E-state index contributed by atoms with van der Waals surface area (Å²) in [6, 6.07) is 0. The van der Waals surface area contributed by atoms with Crippen molar-refractivity contribution in [1.82, 2.24) is 0 Å². The molecule has 24 heavy (non-hydrogen) atoms. The summed E-state index contributed by atoms with van der Waals surface area (Å²) in [5.41, 5.74) is -1.26. The van der Waals surface area contributed by atoms with Gasteiger partial charge in [-0.3, -0.25) is 4.55 Å². The van der Waals surface area contributed by atoms with Gasteiger partial charge in [-0.25, -0.2) is 4.28 Å². The predicted molar refractivity (Wildman–Crippen MR) is 82.2 cm³/mol. The Morgan fingerprint density at radius 1 is 1.33 bits per heavy atom. The molecule has 11 nitrogen and oxygen atoms in total. The van der Waals surface area contributed by atoms with Crippen LogP contribution in [0.5, 0.6) is 0 Å². The fourth-order valence-corrected chi connectivity index (χ4v) is 3.10. The van der Waals surface area contributed by atoms with Gasteiger partial charge in [0, 0.05) is 6.42 Å². The molecular formula is C11H19NO10S2. The van der Waals surface area contributed by atoms with Gasteiger partial charge in [-0.2, -0.15) is 8.42 Å². The van der Waals surface area contributed by atoms with Gasteiger partial charge in [0.1, 0.15) is 34.9 Å². The first-order chi connectivity index (χ1) is 11.1. The van der Waals surface area contributed by atoms with E-state index in [-0.39, 0.29) is 11.5 Å². The molecule has 1 aliphatic rings. The van der Waals surface area contributed by atoms with Crippen LogP contribution in [0.25, 0.3) is 0 Å². The second kappa shape index (κ2) is 9.07. The van der Waals surface area contributed by atoms with E-state index in [2.05, 4.69) is 16.0 Å². The lowest BCUT2D eigenvalue weighted by molar-refractivity contribution is -0.205. The van der Waals surface area contributed by atoms with Gasteiger partial charge in [0.25, 0.3) is 0 Å². The van der Waals surface area contributed by atoms with Gasteiger partial charge in [-0.05, 0) is 0 Å². The fourth-order valence-electron chi connectivity index (χ4n) is 1.76. The van der Waals surface area contributed by atoms with E-state index in [0.29, 0.717) is 11.8 Å². The molecule has 1 rings (SSSR count). The van der Waals surface area contributed by atoms with Gasteiger partial charge in [-0.15, -0.1) is 6.58 Å². The Balaban J connectivity index is 2.92. The molecule has 0 radical (unpaired) electrons. The molecule has 0 aromatic heterocycles. The van der Waals surface area contributed by atoms with Gasteiger partial charge in [0.15, 0.2) is 0 Å². The molecule has 13 heteroatoms. The first kappa shape index (κ1) is 21.3. The van der Waals surface area contributed by atoms with Crippen LogP contribution in [0.1, 0.15) is 6.42 Å². The molecule has 0 spiro atoms. The van der Waals surface area contributed by atoms with Crippen molar-refractivity contribution in [2.24, 2.45) is 5.16 Å². The van der Waals surface area contributed by atoms with Crippen LogP contribution < -0.4 is 0 Å². The Kier molecular flexibility index (Phi) is 8.04. The molecule has 6 N–H and O–H groups in total. The molecule has 1 aliphatic heterocycles. The highest BCUT2D eigenvalue weighted by Crippen LogP contribution is 2.30. The number of thioether (sulfide) groups is 1. The average molecular weight is 389 g/mol. The number of nitrogens with zero attached hydrogens (tertiary/aromatic N) is 1. The molecule has 1 heterocycles. The lowest BCUT2D eigenvalue weighted by atomic mass is 10.0. The molecular weight excluding hydrogens is 370 g/mol. The van der Waals surface area contributed by atoms with Crippen molar-refractivity contribution < 1.29 is 47.5 Å². The van der Waals surface area contributed by atoms with E-state index in [1.54, 1.807) is 0 Å². The summed E-state index contributed by atoms with van der Waals surface area (Å²) >= 11 is 0.570. The first-order valence-corrected chi connectivity index (χ1v) is 8.84. The Bertz CT molecular complexity index is 551. The normalized spacial score (nSPS) is 33.1. The van der Waals surface area contributed by atoms with Crippen LogP contribution in [0, 0.1) is 0 Å². The molecule has 0 aromatic carbocycles. The number of hydrogen-bond acceptors (Lipinski definition) is 11. The molecule has 0 saturated carbocycles. The fraction of sp³-hybridized carbons (Fsp3) is 0.727. The maximum absolute atomic E-state index is 10.6. The second-order valence-electron chi connectivity index (χ2n) is 4.81. The number of oxime groups is 1. The van der Waals surface area contributed by atoms with E-state index in [1.807, 2.05) is 0 Å². The van der Waals surface area contributed by atoms with Crippen molar-refractivity contribution in [2.45, 2.75) is 42.4 Å². The minimum atomic E-state index is -4.89. The summed E-state index contributed by atoms with van der Waals surface area (Å²) in [6.07, 6.45) is -6.29. The Hall–Kier alpha value is -0.770. The SMILES string of the molecule is C=CC(O)C/C(=N\OS(=O)(=O)O)SC1OC(CO)C(O)C(O)C1O. The predicted octanol–water partition coefficient (Wildman–Crippen LogP) is -2.41. The van der Waals surface area contributed by atoms with E-state index >= 15 is 0 Å². The van der Waals surface area contributed by atoms with Crippen molar-refractivity contribution in [3.63, 3.8) is 0 Å². The van der Waals surface area contributed by atoms with E-state index in [9.17, 15) is 28.8 Å². The topological polar surface area (TPSA) is 186 Å². The largest absolute Gasteiger partial charge is 0.466 e. The summed E-state index contributed by atoms with van der Waals surface area (Å²) in [6.45, 7) is 2.67. The third-order valence-electron chi connectivity index (χ3n) is 2.99. The minimum absolute atomic E-state index is 0.218. The van der Waals surface area contributed by atoms with E-state index in [0.717, 1.165) is 6.08 Å². The van der Waals surface area contributed by atoms with E-state index in [1.165, 1.54) is 0 Å². The molecule has 0 amide bonds. The van der Waals surface area contributed by atoms with Gasteiger partial charge >= 0.3 is 10.4 Å². The van der Waals surface area contributed by atoms with E-state index < -0.39 is 53.0 Å². The van der Waals surface area contributed by atoms with Crippen molar-refractivity contribution in [2.75, 3.05) is 6.61 Å². The number of ether oxygens (including phenoxy) is 1. The molecule has 1 saturated heterocycles. The molecule has 0 aliphatic carbocycles. The lowest BCUT2D eigenvalue weighted by Crippen LogP contribution is -2.57. The third-order valence-corrected chi connectivity index (χ3v) is 4.39. The summed E-state index contributed by atoms with van der Waals surface area (Å²) in [7, 11) is -4.89. The Morgan fingerprint density at radius 2 is 1.96 bits per heavy atom. The highest BCUT2D eigenvalue weighted by Gasteiger charge is 2.44. The number of aliphatic hydroxyl groups excluding tert-OH is 5. The first-order valence-electron chi connectivity index (χ1n) is 6.59. The molecule has 6 unspecified atom stereocenters. The molecule has 0 bridgehead atoms. The van der Waals surface area contributed by atoms with Gasteiger partial charge < -0.3 is 30.3 Å². The van der Waals surface area contributed by atoms with Crippen LogP contribution in [0.2, 0.25) is 0 Å². The average Bonchev–Trinajstić information content (AvgIpc) is 2.52. The summed E-state index contributed by atoms with van der Waals surface area (Å²) in [4.78, 5) is 0. The van der Waals surface area contributed by atoms with Crippen LogP contribution in [-0.4, -0.2) is 86.1 Å². The van der Waals surface area contributed by atoms with Crippen LogP contribution in [0.3, 0.4) is 0 Å². The highest BCUT2D eigenvalue weighted by atomic mass is 32.3. The van der Waals surface area contributed by atoms with Crippen LogP contribution >= 0.6 is 11.8 Å². The standard InChI is InChI=1S/C11H19NO10S2/c1-2-5(14)3-7(12-22-24(18,19)20)23-11-10(17)9(16)8(15)6(4-13)21-11/h2,5-6,8-11,13-17H,1,3-4H2,(H,18,19,20)/b12-7+. The maximum Gasteiger partial charge on any atom is 0.466 e. The third kappa shape index (κ3) is 6.27.